The molecule has 11 heavy (non-hydrogen) atoms. The number of hydrogen-bond donors (Lipinski definition) is 1. The molecule has 1 N–H and O–H groups in total. The van der Waals surface area contributed by atoms with Gasteiger partial charge in [0.1, 0.15) is 0 Å². The molecule has 0 aromatic rings. The average molecular weight is 160 g/mol. The lowest BCUT2D eigenvalue weighted by molar-refractivity contribution is 0.241. The Morgan fingerprint density at radius 3 is 2.27 bits per heavy atom. The van der Waals surface area contributed by atoms with E-state index in [1.807, 2.05) is 13.8 Å². The largest absolute Gasteiger partial charge is 0.314 e. The zero-order valence-electron chi connectivity index (χ0n) is 8.19. The highest BCUT2D eigenvalue weighted by atomic mass is 15.2. The van der Waals surface area contributed by atoms with Crippen LogP contribution in [-0.4, -0.2) is 37.6 Å². The standard InChI is InChI=1S/C7H16N2.C2H6.H2/c1-2-5-9-6-3-8-4-7-9;1-2;/h8H,2-7H2,1H3;1-2H3;1H. The van der Waals surface area contributed by atoms with Crippen LogP contribution in [0.1, 0.15) is 28.6 Å². The zero-order chi connectivity index (χ0) is 8.53. The molecule has 0 aromatic carbocycles. The van der Waals surface area contributed by atoms with Crippen LogP contribution < -0.4 is 5.32 Å². The molecule has 1 heterocycles. The van der Waals surface area contributed by atoms with Crippen molar-refractivity contribution in [1.82, 2.24) is 10.2 Å². The van der Waals surface area contributed by atoms with Gasteiger partial charge < -0.3 is 10.2 Å². The van der Waals surface area contributed by atoms with Crippen LogP contribution in [0.5, 0.6) is 0 Å². The van der Waals surface area contributed by atoms with Gasteiger partial charge >= 0.3 is 0 Å². The summed E-state index contributed by atoms with van der Waals surface area (Å²) in [7, 11) is 0. The molecule has 0 bridgehead atoms. The Bertz CT molecular complexity index is 70.2. The molecule has 1 aliphatic heterocycles. The number of hydrogen-bond acceptors (Lipinski definition) is 2. The first-order valence-corrected chi connectivity index (χ1v) is 4.86. The molecular formula is C9H24N2. The van der Waals surface area contributed by atoms with E-state index in [9.17, 15) is 0 Å². The van der Waals surface area contributed by atoms with E-state index in [1.165, 1.54) is 39.1 Å². The van der Waals surface area contributed by atoms with E-state index in [1.54, 1.807) is 0 Å². The van der Waals surface area contributed by atoms with Gasteiger partial charge in [-0.1, -0.05) is 20.8 Å². The minimum Gasteiger partial charge on any atom is -0.314 e. The van der Waals surface area contributed by atoms with Crippen molar-refractivity contribution in [2.24, 2.45) is 0 Å². The fourth-order valence-electron chi connectivity index (χ4n) is 1.25. The Morgan fingerprint density at radius 2 is 1.82 bits per heavy atom. The molecule has 2 nitrogen and oxygen atoms in total. The molecule has 1 fully saturated rings. The normalized spacial score (nSPS) is 18.8. The van der Waals surface area contributed by atoms with Crippen molar-refractivity contribution in [2.45, 2.75) is 27.2 Å². The maximum atomic E-state index is 3.33. The van der Waals surface area contributed by atoms with Crippen molar-refractivity contribution in [1.29, 1.82) is 0 Å². The van der Waals surface area contributed by atoms with Crippen molar-refractivity contribution in [3.63, 3.8) is 0 Å². The van der Waals surface area contributed by atoms with Gasteiger partial charge in [0.05, 0.1) is 0 Å². The number of piperazine rings is 1. The number of rotatable bonds is 2. The second-order valence-corrected chi connectivity index (χ2v) is 2.59. The molecule has 0 radical (unpaired) electrons. The second-order valence-electron chi connectivity index (χ2n) is 2.59. The summed E-state index contributed by atoms with van der Waals surface area (Å²) in [6.45, 7) is 12.4. The Hall–Kier alpha value is -0.0800. The van der Waals surface area contributed by atoms with E-state index in [-0.39, 0.29) is 1.43 Å². The van der Waals surface area contributed by atoms with E-state index in [2.05, 4.69) is 17.1 Å². The van der Waals surface area contributed by atoms with Gasteiger partial charge in [0.2, 0.25) is 0 Å². The van der Waals surface area contributed by atoms with Crippen LogP contribution in [0.25, 0.3) is 0 Å². The summed E-state index contributed by atoms with van der Waals surface area (Å²) in [5.41, 5.74) is 0. The smallest absolute Gasteiger partial charge is 0.0107 e. The highest BCUT2D eigenvalue weighted by molar-refractivity contribution is 4.65. The van der Waals surface area contributed by atoms with Crippen LogP contribution >= 0.6 is 0 Å². The molecule has 0 amide bonds. The van der Waals surface area contributed by atoms with Gasteiger partial charge in [-0.3, -0.25) is 0 Å². The first-order chi connectivity index (χ1) is 5.43. The molecular weight excluding hydrogens is 136 g/mol. The molecule has 1 saturated heterocycles. The monoisotopic (exact) mass is 160 g/mol. The molecule has 0 spiro atoms. The molecule has 0 saturated carbocycles. The fourth-order valence-corrected chi connectivity index (χ4v) is 1.25. The summed E-state index contributed by atoms with van der Waals surface area (Å²) in [5, 5.41) is 3.33. The predicted octanol–water partition coefficient (Wildman–Crippen LogP) is 1.57. The third-order valence-corrected chi connectivity index (χ3v) is 1.75. The van der Waals surface area contributed by atoms with E-state index in [4.69, 9.17) is 0 Å². The highest BCUT2D eigenvalue weighted by Crippen LogP contribution is 1.92. The van der Waals surface area contributed by atoms with Gasteiger partial charge in [-0.05, 0) is 13.0 Å². The van der Waals surface area contributed by atoms with Gasteiger partial charge in [0.25, 0.3) is 0 Å². The molecule has 2 heteroatoms. The molecule has 70 valence electrons. The number of nitrogens with zero attached hydrogens (tertiary/aromatic N) is 1. The SMILES string of the molecule is CC.CCCN1CCNCC1.[HH]. The van der Waals surface area contributed by atoms with Crippen molar-refractivity contribution >= 4 is 0 Å². The molecule has 1 aliphatic rings. The van der Waals surface area contributed by atoms with Gasteiger partial charge in [0, 0.05) is 27.6 Å². The van der Waals surface area contributed by atoms with Crippen molar-refractivity contribution in [3.8, 4) is 0 Å². The average Bonchev–Trinajstić information content (AvgIpc) is 2.11. The van der Waals surface area contributed by atoms with Crippen LogP contribution in [0.3, 0.4) is 0 Å². The van der Waals surface area contributed by atoms with Gasteiger partial charge in [-0.2, -0.15) is 0 Å². The molecule has 0 unspecified atom stereocenters. The molecule has 0 atom stereocenters. The minimum atomic E-state index is 0. The second kappa shape index (κ2) is 8.02. The van der Waals surface area contributed by atoms with Gasteiger partial charge in [0.15, 0.2) is 0 Å². The lowest BCUT2D eigenvalue weighted by Gasteiger charge is -2.26. The molecule has 0 aliphatic carbocycles. The minimum absolute atomic E-state index is 0. The van der Waals surface area contributed by atoms with Gasteiger partial charge in [-0.25, -0.2) is 0 Å². The maximum Gasteiger partial charge on any atom is 0.0107 e. The Labute approximate surface area is 72.5 Å². The predicted molar refractivity (Wildman–Crippen MR) is 53.1 cm³/mol. The lowest BCUT2D eigenvalue weighted by atomic mass is 10.3. The van der Waals surface area contributed by atoms with E-state index < -0.39 is 0 Å². The van der Waals surface area contributed by atoms with E-state index >= 15 is 0 Å². The Kier molecular flexibility index (Phi) is 7.96. The van der Waals surface area contributed by atoms with E-state index in [0.29, 0.717) is 0 Å². The summed E-state index contributed by atoms with van der Waals surface area (Å²) in [6, 6.07) is 0. The third kappa shape index (κ3) is 5.22. The van der Waals surface area contributed by atoms with Gasteiger partial charge in [-0.15, -0.1) is 0 Å². The van der Waals surface area contributed by atoms with Crippen LogP contribution in [0.2, 0.25) is 0 Å². The quantitative estimate of drug-likeness (QED) is 0.659. The summed E-state index contributed by atoms with van der Waals surface area (Å²) in [5.74, 6) is 0. The van der Waals surface area contributed by atoms with Crippen molar-refractivity contribution in [3.05, 3.63) is 0 Å². The summed E-state index contributed by atoms with van der Waals surface area (Å²) < 4.78 is 0. The molecule has 1 rings (SSSR count). The lowest BCUT2D eigenvalue weighted by Crippen LogP contribution is -2.43. The van der Waals surface area contributed by atoms with Crippen molar-refractivity contribution in [2.75, 3.05) is 32.7 Å². The topological polar surface area (TPSA) is 15.3 Å². The Balaban J connectivity index is 0. The maximum absolute atomic E-state index is 3.33. The zero-order valence-corrected chi connectivity index (χ0v) is 8.19. The third-order valence-electron chi connectivity index (χ3n) is 1.75. The van der Waals surface area contributed by atoms with Crippen LogP contribution in [-0.2, 0) is 0 Å². The van der Waals surface area contributed by atoms with E-state index in [0.717, 1.165) is 0 Å². The highest BCUT2D eigenvalue weighted by Gasteiger charge is 2.06. The fraction of sp³-hybridized carbons (Fsp3) is 1.00. The summed E-state index contributed by atoms with van der Waals surface area (Å²) in [4.78, 5) is 2.51. The summed E-state index contributed by atoms with van der Waals surface area (Å²) >= 11 is 0. The Morgan fingerprint density at radius 1 is 1.27 bits per heavy atom. The summed E-state index contributed by atoms with van der Waals surface area (Å²) in [6.07, 6.45) is 1.29. The van der Waals surface area contributed by atoms with Crippen LogP contribution in [0.15, 0.2) is 0 Å². The first kappa shape index (κ1) is 10.9. The number of nitrogens with one attached hydrogen (secondary N) is 1. The first-order valence-electron chi connectivity index (χ1n) is 4.86. The van der Waals surface area contributed by atoms with Crippen LogP contribution in [0.4, 0.5) is 0 Å². The molecule has 0 aromatic heterocycles. The van der Waals surface area contributed by atoms with Crippen LogP contribution in [0, 0.1) is 0 Å². The van der Waals surface area contributed by atoms with Crippen molar-refractivity contribution < 1.29 is 1.43 Å².